The molecule has 0 atom stereocenters. The lowest BCUT2D eigenvalue weighted by atomic mass is 10.3. The highest BCUT2D eigenvalue weighted by Crippen LogP contribution is 2.08. The molecule has 0 bridgehead atoms. The molecule has 0 spiro atoms. The number of nitrogens with one attached hydrogen (secondary N) is 1. The van der Waals surface area contributed by atoms with E-state index in [9.17, 15) is 4.79 Å². The van der Waals surface area contributed by atoms with Gasteiger partial charge in [-0.05, 0) is 19.1 Å². The maximum atomic E-state index is 10.3. The minimum Gasteiger partial charge on any atom is -0.395 e. The van der Waals surface area contributed by atoms with Crippen molar-refractivity contribution in [1.29, 1.82) is 0 Å². The summed E-state index contributed by atoms with van der Waals surface area (Å²) in [5.74, 6) is 0. The maximum Gasteiger partial charge on any atom is 0.167 e. The zero-order valence-electron chi connectivity index (χ0n) is 7.45. The van der Waals surface area contributed by atoms with Gasteiger partial charge in [0.15, 0.2) is 6.29 Å². The Balaban J connectivity index is 2.76. The molecule has 0 aliphatic rings. The van der Waals surface area contributed by atoms with Crippen molar-refractivity contribution < 1.29 is 4.79 Å². The first kappa shape index (κ1) is 9.32. The molecule has 0 aromatic heterocycles. The second kappa shape index (κ2) is 4.30. The third-order valence-electron chi connectivity index (χ3n) is 1.67. The minimum absolute atomic E-state index is 0.226. The number of benzene rings is 1. The molecule has 3 nitrogen and oxygen atoms in total. The fourth-order valence-electron chi connectivity index (χ4n) is 0.899. The summed E-state index contributed by atoms with van der Waals surface area (Å²) >= 11 is 0. The topological polar surface area (TPSA) is 55.1 Å². The van der Waals surface area contributed by atoms with Crippen LogP contribution in [0.3, 0.4) is 0 Å². The summed E-state index contributed by atoms with van der Waals surface area (Å²) in [6.07, 6.45) is 0.630. The van der Waals surface area contributed by atoms with E-state index >= 15 is 0 Å². The molecule has 3 N–H and O–H groups in total. The lowest BCUT2D eigenvalue weighted by molar-refractivity contribution is -0.105. The molecule has 1 aromatic carbocycles. The number of carbonyl (C=O) groups is 1. The van der Waals surface area contributed by atoms with E-state index in [2.05, 4.69) is 5.32 Å². The average Bonchev–Trinajstić information content (AvgIpc) is 2.18. The summed E-state index contributed by atoms with van der Waals surface area (Å²) in [4.78, 5) is 10.3. The summed E-state index contributed by atoms with van der Waals surface area (Å²) < 4.78 is 0. The van der Waals surface area contributed by atoms with E-state index in [1.54, 1.807) is 6.92 Å². The van der Waals surface area contributed by atoms with Crippen LogP contribution in [-0.2, 0) is 4.79 Å². The number of carbonyl (C=O) groups excluding carboxylic acids is 1. The molecule has 13 heavy (non-hydrogen) atoms. The number of anilines is 1. The van der Waals surface area contributed by atoms with Crippen LogP contribution in [-0.4, -0.2) is 6.29 Å². The van der Waals surface area contributed by atoms with Crippen LogP contribution in [0, 0.1) is 0 Å². The van der Waals surface area contributed by atoms with Gasteiger partial charge in [-0.1, -0.05) is 18.2 Å². The molecule has 0 saturated carbocycles. The van der Waals surface area contributed by atoms with E-state index in [0.717, 1.165) is 5.69 Å². The lowest BCUT2D eigenvalue weighted by Gasteiger charge is -2.06. The number of nitrogens with two attached hydrogens (primary N) is 1. The smallest absolute Gasteiger partial charge is 0.167 e. The second-order valence-electron chi connectivity index (χ2n) is 2.69. The van der Waals surface area contributed by atoms with E-state index < -0.39 is 0 Å². The summed E-state index contributed by atoms with van der Waals surface area (Å²) in [6.45, 7) is 1.76. The van der Waals surface area contributed by atoms with Gasteiger partial charge in [0.25, 0.3) is 0 Å². The molecule has 0 amide bonds. The Hall–Kier alpha value is -1.77. The highest BCUT2D eigenvalue weighted by Gasteiger charge is 1.95. The van der Waals surface area contributed by atoms with Crippen molar-refractivity contribution in [3.8, 4) is 0 Å². The molecule has 0 heterocycles. The quantitative estimate of drug-likeness (QED) is 0.542. The molecule has 3 heteroatoms. The number of para-hydroxylation sites is 1. The molecule has 0 aliphatic carbocycles. The molecule has 0 aliphatic heterocycles. The van der Waals surface area contributed by atoms with Crippen molar-refractivity contribution in [2.24, 2.45) is 5.73 Å². The van der Waals surface area contributed by atoms with Crippen LogP contribution in [0.1, 0.15) is 6.92 Å². The summed E-state index contributed by atoms with van der Waals surface area (Å²) in [5, 5.41) is 3.02. The van der Waals surface area contributed by atoms with Crippen molar-refractivity contribution in [2.75, 3.05) is 5.32 Å². The van der Waals surface area contributed by atoms with Crippen molar-refractivity contribution in [3.63, 3.8) is 0 Å². The molecule has 0 saturated heterocycles. The van der Waals surface area contributed by atoms with Crippen LogP contribution in [0.15, 0.2) is 41.7 Å². The second-order valence-corrected chi connectivity index (χ2v) is 2.69. The van der Waals surface area contributed by atoms with Crippen molar-refractivity contribution in [2.45, 2.75) is 6.92 Å². The average molecular weight is 176 g/mol. The molecular weight excluding hydrogens is 164 g/mol. The summed E-state index contributed by atoms with van der Waals surface area (Å²) in [7, 11) is 0. The zero-order valence-corrected chi connectivity index (χ0v) is 7.45. The standard InChI is InChI=1S/C10H12N2O/c1-8(10(11)7-13)12-9-5-3-2-4-6-9/h2-7,12H,11H2,1H3/b10-8-. The Morgan fingerprint density at radius 3 is 2.54 bits per heavy atom. The maximum absolute atomic E-state index is 10.3. The van der Waals surface area contributed by atoms with Gasteiger partial charge in [0, 0.05) is 11.4 Å². The van der Waals surface area contributed by atoms with Gasteiger partial charge in [-0.2, -0.15) is 0 Å². The van der Waals surface area contributed by atoms with Crippen LogP contribution in [0.2, 0.25) is 0 Å². The third kappa shape index (κ3) is 2.63. The van der Waals surface area contributed by atoms with Crippen molar-refractivity contribution in [3.05, 3.63) is 41.7 Å². The van der Waals surface area contributed by atoms with Gasteiger partial charge in [0.2, 0.25) is 0 Å². The van der Waals surface area contributed by atoms with Gasteiger partial charge in [-0.15, -0.1) is 0 Å². The summed E-state index contributed by atoms with van der Waals surface area (Å²) in [6, 6.07) is 9.55. The molecule has 0 unspecified atom stereocenters. The first-order valence-corrected chi connectivity index (χ1v) is 3.97. The van der Waals surface area contributed by atoms with Crippen LogP contribution in [0.25, 0.3) is 0 Å². The molecule has 1 rings (SSSR count). The van der Waals surface area contributed by atoms with Gasteiger partial charge in [-0.3, -0.25) is 4.79 Å². The number of rotatable bonds is 3. The first-order chi connectivity index (χ1) is 6.24. The Morgan fingerprint density at radius 2 is 2.00 bits per heavy atom. The van der Waals surface area contributed by atoms with Gasteiger partial charge < -0.3 is 11.1 Å². The number of hydrogen-bond acceptors (Lipinski definition) is 3. The fourth-order valence-corrected chi connectivity index (χ4v) is 0.899. The number of aldehydes is 1. The summed E-state index contributed by atoms with van der Waals surface area (Å²) in [5.41, 5.74) is 7.23. The van der Waals surface area contributed by atoms with Gasteiger partial charge in [0.1, 0.15) is 0 Å². The van der Waals surface area contributed by atoms with E-state index in [1.807, 2.05) is 30.3 Å². The molecule has 68 valence electrons. The first-order valence-electron chi connectivity index (χ1n) is 3.97. The van der Waals surface area contributed by atoms with E-state index in [4.69, 9.17) is 5.73 Å². The molecule has 0 fully saturated rings. The van der Waals surface area contributed by atoms with E-state index in [0.29, 0.717) is 12.0 Å². The third-order valence-corrected chi connectivity index (χ3v) is 1.67. The van der Waals surface area contributed by atoms with Gasteiger partial charge in [-0.25, -0.2) is 0 Å². The largest absolute Gasteiger partial charge is 0.395 e. The minimum atomic E-state index is 0.226. The number of allylic oxidation sites excluding steroid dienone is 2. The highest BCUT2D eigenvalue weighted by molar-refractivity contribution is 5.74. The number of hydrogen-bond donors (Lipinski definition) is 2. The van der Waals surface area contributed by atoms with E-state index in [-0.39, 0.29) is 5.70 Å². The predicted molar refractivity (Wildman–Crippen MR) is 53.0 cm³/mol. The predicted octanol–water partition coefficient (Wildman–Crippen LogP) is 1.49. The zero-order chi connectivity index (χ0) is 9.68. The van der Waals surface area contributed by atoms with E-state index in [1.165, 1.54) is 0 Å². The molecular formula is C10H12N2O. The van der Waals surface area contributed by atoms with Crippen LogP contribution in [0.5, 0.6) is 0 Å². The van der Waals surface area contributed by atoms with Crippen molar-refractivity contribution in [1.82, 2.24) is 0 Å². The highest BCUT2D eigenvalue weighted by atomic mass is 16.1. The molecule has 0 radical (unpaired) electrons. The van der Waals surface area contributed by atoms with Gasteiger partial charge in [0.05, 0.1) is 5.70 Å². The normalized spacial score (nSPS) is 11.8. The monoisotopic (exact) mass is 176 g/mol. The Morgan fingerprint density at radius 1 is 1.38 bits per heavy atom. The lowest BCUT2D eigenvalue weighted by Crippen LogP contribution is -2.08. The SMILES string of the molecule is C/C(Nc1ccccc1)=C(/N)C=O. The van der Waals surface area contributed by atoms with Crippen LogP contribution in [0.4, 0.5) is 5.69 Å². The Bertz CT molecular complexity index is 317. The van der Waals surface area contributed by atoms with Crippen LogP contribution < -0.4 is 11.1 Å². The van der Waals surface area contributed by atoms with Gasteiger partial charge >= 0.3 is 0 Å². The molecule has 1 aromatic rings. The van der Waals surface area contributed by atoms with Crippen molar-refractivity contribution >= 4 is 12.0 Å². The Labute approximate surface area is 77.3 Å². The van der Waals surface area contributed by atoms with Crippen LogP contribution >= 0.6 is 0 Å². The fraction of sp³-hybridized carbons (Fsp3) is 0.100. The Kier molecular flexibility index (Phi) is 3.09.